The zero-order valence-corrected chi connectivity index (χ0v) is 13.6. The minimum Gasteiger partial charge on any atom is -0.464 e. The first kappa shape index (κ1) is 15.9. The second kappa shape index (κ2) is 6.62. The van der Waals surface area contributed by atoms with E-state index in [0.29, 0.717) is 24.2 Å². The lowest BCUT2D eigenvalue weighted by Crippen LogP contribution is -2.11. The summed E-state index contributed by atoms with van der Waals surface area (Å²) < 4.78 is 6.32. The van der Waals surface area contributed by atoms with Crippen molar-refractivity contribution in [3.63, 3.8) is 0 Å². The predicted octanol–water partition coefficient (Wildman–Crippen LogP) is 2.86. The molecule has 0 unspecified atom stereocenters. The molecule has 0 spiro atoms. The summed E-state index contributed by atoms with van der Waals surface area (Å²) in [7, 11) is 3.06. The highest BCUT2D eigenvalue weighted by atomic mass is 16.5. The Morgan fingerprint density at radius 3 is 2.88 bits per heavy atom. The Labute approximate surface area is 139 Å². The molecule has 0 radical (unpaired) electrons. The van der Waals surface area contributed by atoms with E-state index in [4.69, 9.17) is 4.74 Å². The van der Waals surface area contributed by atoms with Crippen LogP contribution in [0.2, 0.25) is 0 Å². The van der Waals surface area contributed by atoms with Crippen LogP contribution in [0.5, 0.6) is 0 Å². The molecule has 6 heteroatoms. The van der Waals surface area contributed by atoms with Crippen molar-refractivity contribution in [2.24, 2.45) is 7.05 Å². The van der Waals surface area contributed by atoms with Crippen LogP contribution in [0.3, 0.4) is 0 Å². The number of aromatic amines is 1. The van der Waals surface area contributed by atoms with Crippen LogP contribution in [-0.4, -0.2) is 28.5 Å². The highest BCUT2D eigenvalue weighted by Crippen LogP contribution is 2.19. The number of methoxy groups -OCH3 is 1. The second-order valence-corrected chi connectivity index (χ2v) is 5.62. The average molecular weight is 325 g/mol. The van der Waals surface area contributed by atoms with Crippen LogP contribution in [0.4, 0.5) is 5.69 Å². The molecule has 0 fully saturated rings. The Bertz CT molecular complexity index is 892. The van der Waals surface area contributed by atoms with E-state index in [0.717, 1.165) is 16.5 Å². The van der Waals surface area contributed by atoms with Gasteiger partial charge in [0.2, 0.25) is 5.91 Å². The van der Waals surface area contributed by atoms with Gasteiger partial charge in [-0.05, 0) is 24.1 Å². The average Bonchev–Trinajstić information content (AvgIpc) is 3.15. The Morgan fingerprint density at radius 1 is 1.29 bits per heavy atom. The molecule has 0 aliphatic carbocycles. The van der Waals surface area contributed by atoms with Crippen molar-refractivity contribution < 1.29 is 14.3 Å². The molecule has 0 bridgehead atoms. The van der Waals surface area contributed by atoms with Gasteiger partial charge in [-0.1, -0.05) is 18.2 Å². The van der Waals surface area contributed by atoms with E-state index >= 15 is 0 Å². The number of nitrogens with zero attached hydrogens (tertiary/aromatic N) is 1. The van der Waals surface area contributed by atoms with Crippen LogP contribution in [0, 0.1) is 0 Å². The highest BCUT2D eigenvalue weighted by molar-refractivity contribution is 5.94. The minimum absolute atomic E-state index is 0.0951. The number of fused-ring (bicyclic) bond motifs is 1. The van der Waals surface area contributed by atoms with Crippen LogP contribution in [0.15, 0.2) is 42.7 Å². The zero-order chi connectivity index (χ0) is 17.1. The molecule has 1 aromatic carbocycles. The van der Waals surface area contributed by atoms with Crippen LogP contribution in [0.25, 0.3) is 10.9 Å². The molecule has 0 aliphatic heterocycles. The summed E-state index contributed by atoms with van der Waals surface area (Å²) in [4.78, 5) is 26.9. The van der Waals surface area contributed by atoms with E-state index in [2.05, 4.69) is 10.3 Å². The number of aromatic nitrogens is 2. The highest BCUT2D eigenvalue weighted by Gasteiger charge is 2.13. The van der Waals surface area contributed by atoms with Crippen molar-refractivity contribution in [3.8, 4) is 0 Å². The monoisotopic (exact) mass is 325 g/mol. The fraction of sp³-hybridized carbons (Fsp3) is 0.222. The van der Waals surface area contributed by atoms with Gasteiger partial charge in [0.15, 0.2) is 0 Å². The number of amides is 1. The predicted molar refractivity (Wildman–Crippen MR) is 92.0 cm³/mol. The maximum atomic E-state index is 12.2. The van der Waals surface area contributed by atoms with Gasteiger partial charge < -0.3 is 19.6 Å². The molecular formula is C18H19N3O3. The first-order chi connectivity index (χ1) is 11.6. The third-order valence-electron chi connectivity index (χ3n) is 3.98. The summed E-state index contributed by atoms with van der Waals surface area (Å²) in [6.45, 7) is 0. The maximum Gasteiger partial charge on any atom is 0.354 e. The summed E-state index contributed by atoms with van der Waals surface area (Å²) in [5.74, 6) is -0.529. The third-order valence-corrected chi connectivity index (χ3v) is 3.98. The van der Waals surface area contributed by atoms with Gasteiger partial charge in [0.05, 0.1) is 12.8 Å². The number of aryl methyl sites for hydroxylation is 2. The van der Waals surface area contributed by atoms with Gasteiger partial charge in [-0.2, -0.15) is 0 Å². The number of esters is 1. The van der Waals surface area contributed by atoms with Gasteiger partial charge in [0.25, 0.3) is 0 Å². The van der Waals surface area contributed by atoms with Crippen molar-refractivity contribution >= 4 is 28.5 Å². The van der Waals surface area contributed by atoms with Crippen LogP contribution in [-0.2, 0) is 23.0 Å². The standard InChI is InChI=1S/C18H19N3O3/c1-21-11-13(9-16(21)18(23)24-2)20-17(22)8-7-12-10-19-15-6-4-3-5-14(12)15/h3-6,9-11,19H,7-8H2,1-2H3,(H,20,22). The number of hydrogen-bond acceptors (Lipinski definition) is 3. The number of para-hydroxylation sites is 1. The van der Waals surface area contributed by atoms with Gasteiger partial charge in [0.1, 0.15) is 5.69 Å². The fourth-order valence-electron chi connectivity index (χ4n) is 2.75. The first-order valence-corrected chi connectivity index (χ1v) is 7.68. The Hall–Kier alpha value is -3.02. The van der Waals surface area contributed by atoms with E-state index in [1.165, 1.54) is 7.11 Å². The molecule has 0 saturated carbocycles. The second-order valence-electron chi connectivity index (χ2n) is 5.62. The molecule has 2 heterocycles. The van der Waals surface area contributed by atoms with Crippen molar-refractivity contribution in [2.45, 2.75) is 12.8 Å². The van der Waals surface area contributed by atoms with E-state index in [9.17, 15) is 9.59 Å². The fourth-order valence-corrected chi connectivity index (χ4v) is 2.75. The van der Waals surface area contributed by atoms with Gasteiger partial charge in [-0.3, -0.25) is 4.79 Å². The van der Waals surface area contributed by atoms with Gasteiger partial charge in [0, 0.05) is 36.8 Å². The summed E-state index contributed by atoms with van der Waals surface area (Å²) in [5, 5.41) is 3.95. The van der Waals surface area contributed by atoms with E-state index in [1.54, 1.807) is 23.9 Å². The number of rotatable bonds is 5. The third kappa shape index (κ3) is 3.17. The Morgan fingerprint density at radius 2 is 2.08 bits per heavy atom. The maximum absolute atomic E-state index is 12.2. The molecule has 1 amide bonds. The summed E-state index contributed by atoms with van der Waals surface area (Å²) in [5.41, 5.74) is 3.16. The molecule has 2 aromatic heterocycles. The summed E-state index contributed by atoms with van der Waals surface area (Å²) in [6.07, 6.45) is 4.64. The van der Waals surface area contributed by atoms with E-state index < -0.39 is 5.97 Å². The largest absolute Gasteiger partial charge is 0.464 e. The molecule has 0 aliphatic rings. The lowest BCUT2D eigenvalue weighted by Gasteiger charge is -2.02. The van der Waals surface area contributed by atoms with Crippen molar-refractivity contribution in [1.29, 1.82) is 0 Å². The Balaban J connectivity index is 1.63. The first-order valence-electron chi connectivity index (χ1n) is 7.68. The Kier molecular flexibility index (Phi) is 4.37. The normalized spacial score (nSPS) is 10.8. The van der Waals surface area contributed by atoms with E-state index in [1.807, 2.05) is 30.5 Å². The molecule has 3 rings (SSSR count). The van der Waals surface area contributed by atoms with Crippen molar-refractivity contribution in [1.82, 2.24) is 9.55 Å². The van der Waals surface area contributed by atoms with E-state index in [-0.39, 0.29) is 5.91 Å². The molecule has 6 nitrogen and oxygen atoms in total. The molecule has 24 heavy (non-hydrogen) atoms. The molecule has 0 saturated heterocycles. The number of anilines is 1. The van der Waals surface area contributed by atoms with Gasteiger partial charge in [-0.25, -0.2) is 4.79 Å². The number of nitrogens with one attached hydrogen (secondary N) is 2. The van der Waals surface area contributed by atoms with Gasteiger partial charge >= 0.3 is 5.97 Å². The number of carbonyl (C=O) groups excluding carboxylic acids is 2. The molecule has 3 aromatic rings. The molecule has 124 valence electrons. The zero-order valence-electron chi connectivity index (χ0n) is 13.6. The molecule has 2 N–H and O–H groups in total. The van der Waals surface area contributed by atoms with Gasteiger partial charge in [-0.15, -0.1) is 0 Å². The van der Waals surface area contributed by atoms with Crippen LogP contribution < -0.4 is 5.32 Å². The topological polar surface area (TPSA) is 76.1 Å². The number of H-pyrrole nitrogens is 1. The van der Waals surface area contributed by atoms with Crippen LogP contribution in [0.1, 0.15) is 22.5 Å². The lowest BCUT2D eigenvalue weighted by molar-refractivity contribution is -0.116. The number of ether oxygens (including phenoxy) is 1. The SMILES string of the molecule is COC(=O)c1cc(NC(=O)CCc2c[nH]c3ccccc23)cn1C. The van der Waals surface area contributed by atoms with Crippen molar-refractivity contribution in [2.75, 3.05) is 12.4 Å². The number of benzene rings is 1. The lowest BCUT2D eigenvalue weighted by atomic mass is 10.1. The van der Waals surface area contributed by atoms with Crippen molar-refractivity contribution in [3.05, 3.63) is 54.0 Å². The molecular weight excluding hydrogens is 306 g/mol. The van der Waals surface area contributed by atoms with Crippen LogP contribution >= 0.6 is 0 Å². The quantitative estimate of drug-likeness (QED) is 0.708. The number of carbonyl (C=O) groups is 2. The molecule has 0 atom stereocenters. The smallest absolute Gasteiger partial charge is 0.354 e. The minimum atomic E-state index is -0.434. The summed E-state index contributed by atoms with van der Waals surface area (Å²) >= 11 is 0. The number of hydrogen-bond donors (Lipinski definition) is 2. The summed E-state index contributed by atoms with van der Waals surface area (Å²) in [6, 6.07) is 9.62.